The molecule has 3 heterocycles. The zero-order chi connectivity index (χ0) is 41.0. The molecule has 0 atom stereocenters. The van der Waals surface area contributed by atoms with Crippen LogP contribution in [0.2, 0.25) is 0 Å². The van der Waals surface area contributed by atoms with Crippen LogP contribution in [0.1, 0.15) is 22.3 Å². The Morgan fingerprint density at radius 2 is 0.758 bits per heavy atom. The zero-order valence-electron chi connectivity index (χ0n) is 33.5. The molecule has 0 fully saturated rings. The number of rotatable bonds is 6. The highest BCUT2D eigenvalue weighted by Gasteiger charge is 2.52. The molecular formula is C57H36N4O. The summed E-state index contributed by atoms with van der Waals surface area (Å²) in [4.78, 5) is 19.4. The van der Waals surface area contributed by atoms with E-state index < -0.39 is 5.41 Å². The van der Waals surface area contributed by atoms with Crippen LogP contribution in [0.4, 0.5) is 0 Å². The fraction of sp³-hybridized carbons (Fsp3) is 0.0175. The van der Waals surface area contributed by atoms with E-state index in [9.17, 15) is 0 Å². The molecule has 12 rings (SSSR count). The number of pyridine rings is 1. The second-order valence-corrected chi connectivity index (χ2v) is 15.7. The maximum absolute atomic E-state index is 6.69. The maximum Gasteiger partial charge on any atom is 0.164 e. The second kappa shape index (κ2) is 14.5. The summed E-state index contributed by atoms with van der Waals surface area (Å²) in [5.41, 5.74) is 16.1. The van der Waals surface area contributed by atoms with E-state index >= 15 is 0 Å². The number of hydrogen-bond acceptors (Lipinski definition) is 5. The Morgan fingerprint density at radius 3 is 1.32 bits per heavy atom. The monoisotopic (exact) mass is 792 g/mol. The lowest BCUT2D eigenvalue weighted by Crippen LogP contribution is -2.32. The van der Waals surface area contributed by atoms with Crippen LogP contribution in [-0.4, -0.2) is 19.9 Å². The Labute approximate surface area is 359 Å². The molecule has 0 amide bonds. The molecule has 2 aliphatic rings. The highest BCUT2D eigenvalue weighted by Crippen LogP contribution is 2.64. The van der Waals surface area contributed by atoms with E-state index in [0.717, 1.165) is 67.1 Å². The van der Waals surface area contributed by atoms with Gasteiger partial charge in [-0.05, 0) is 74.3 Å². The molecule has 10 aromatic rings. The number of benzene rings is 8. The Hall–Kier alpha value is -8.28. The van der Waals surface area contributed by atoms with Crippen LogP contribution in [0.3, 0.4) is 0 Å². The van der Waals surface area contributed by atoms with E-state index in [-0.39, 0.29) is 0 Å². The Balaban J connectivity index is 1.08. The predicted octanol–water partition coefficient (Wildman–Crippen LogP) is 13.7. The average Bonchev–Trinajstić information content (AvgIpc) is 3.66. The molecule has 0 bridgehead atoms. The molecule has 1 aliphatic carbocycles. The van der Waals surface area contributed by atoms with Crippen LogP contribution >= 0.6 is 0 Å². The molecule has 5 nitrogen and oxygen atoms in total. The summed E-state index contributed by atoms with van der Waals surface area (Å²) < 4.78 is 6.69. The lowest BCUT2D eigenvalue weighted by Gasteiger charge is -2.39. The van der Waals surface area contributed by atoms with Gasteiger partial charge in [-0.25, -0.2) is 15.0 Å². The average molecular weight is 793 g/mol. The standard InChI is InChI=1S/C57H36N4O/c1-3-15-38(16-4-1)54-59-55(39-17-5-2-6-18-39)61-56(60-54)40-32-30-37(31-33-40)44-22-12-26-48-52(44)53-45(42-20-11-19-41(35-42)43-21-14-34-58-36-43)23-13-27-49(53)57(48)46-24-7-9-28-50(46)62-51-29-10-8-25-47(51)57/h1-36H. The van der Waals surface area contributed by atoms with Gasteiger partial charge in [-0.15, -0.1) is 0 Å². The van der Waals surface area contributed by atoms with Crippen LogP contribution in [0.5, 0.6) is 11.5 Å². The van der Waals surface area contributed by atoms with Gasteiger partial charge in [-0.2, -0.15) is 0 Å². The molecule has 8 aromatic carbocycles. The molecule has 1 spiro atoms. The van der Waals surface area contributed by atoms with Crippen molar-refractivity contribution in [3.05, 3.63) is 241 Å². The molecule has 0 saturated heterocycles. The topological polar surface area (TPSA) is 60.8 Å². The lowest BCUT2D eigenvalue weighted by atomic mass is 9.66. The number of para-hydroxylation sites is 2. The van der Waals surface area contributed by atoms with Crippen molar-refractivity contribution in [2.75, 3.05) is 0 Å². The van der Waals surface area contributed by atoms with Gasteiger partial charge < -0.3 is 4.74 Å². The molecule has 1 aliphatic heterocycles. The Morgan fingerprint density at radius 1 is 0.323 bits per heavy atom. The summed E-state index contributed by atoms with van der Waals surface area (Å²) >= 11 is 0. The molecule has 62 heavy (non-hydrogen) atoms. The van der Waals surface area contributed by atoms with E-state index in [1.807, 2.05) is 79.1 Å². The number of ether oxygens (including phenoxy) is 1. The zero-order valence-corrected chi connectivity index (χ0v) is 33.5. The van der Waals surface area contributed by atoms with Crippen molar-refractivity contribution in [3.63, 3.8) is 0 Å². The SMILES string of the molecule is c1ccc(-c2nc(-c3ccccc3)nc(-c3ccc(-c4cccc5c4-c4c(-c6cccc(-c7cccnc7)c6)cccc4C54c5ccccc5Oc5ccccc54)cc3)n2)cc1. The van der Waals surface area contributed by atoms with E-state index in [4.69, 9.17) is 19.7 Å². The largest absolute Gasteiger partial charge is 0.457 e. The van der Waals surface area contributed by atoms with Crippen molar-refractivity contribution in [1.29, 1.82) is 0 Å². The minimum atomic E-state index is -0.629. The van der Waals surface area contributed by atoms with Gasteiger partial charge in [-0.1, -0.05) is 182 Å². The van der Waals surface area contributed by atoms with Crippen molar-refractivity contribution < 1.29 is 4.74 Å². The van der Waals surface area contributed by atoms with Gasteiger partial charge in [0.1, 0.15) is 11.5 Å². The van der Waals surface area contributed by atoms with Gasteiger partial charge in [-0.3, -0.25) is 4.98 Å². The molecule has 0 saturated carbocycles. The first kappa shape index (κ1) is 35.6. The third-order valence-corrected chi connectivity index (χ3v) is 12.3. The fourth-order valence-corrected chi connectivity index (χ4v) is 9.61. The van der Waals surface area contributed by atoms with Gasteiger partial charge >= 0.3 is 0 Å². The normalized spacial score (nSPS) is 12.8. The van der Waals surface area contributed by atoms with Crippen LogP contribution in [0.15, 0.2) is 219 Å². The van der Waals surface area contributed by atoms with Crippen LogP contribution in [-0.2, 0) is 5.41 Å². The second-order valence-electron chi connectivity index (χ2n) is 15.7. The molecule has 2 aromatic heterocycles. The molecule has 0 unspecified atom stereocenters. The third kappa shape index (κ3) is 5.63. The van der Waals surface area contributed by atoms with E-state index in [0.29, 0.717) is 17.5 Å². The number of hydrogen-bond donors (Lipinski definition) is 0. The Bertz CT molecular complexity index is 3210. The van der Waals surface area contributed by atoms with Gasteiger partial charge in [0.05, 0.1) is 5.41 Å². The molecule has 290 valence electrons. The van der Waals surface area contributed by atoms with E-state index in [1.165, 1.54) is 27.8 Å². The van der Waals surface area contributed by atoms with E-state index in [1.54, 1.807) is 0 Å². The third-order valence-electron chi connectivity index (χ3n) is 12.3. The van der Waals surface area contributed by atoms with Crippen molar-refractivity contribution in [3.8, 4) is 90.2 Å². The molecular weight excluding hydrogens is 757 g/mol. The minimum Gasteiger partial charge on any atom is -0.457 e. The number of fused-ring (bicyclic) bond motifs is 9. The van der Waals surface area contributed by atoms with Crippen LogP contribution in [0.25, 0.3) is 78.7 Å². The highest BCUT2D eigenvalue weighted by molar-refractivity contribution is 6.02. The summed E-state index contributed by atoms with van der Waals surface area (Å²) in [6, 6.07) is 72.5. The summed E-state index contributed by atoms with van der Waals surface area (Å²) in [7, 11) is 0. The first-order chi connectivity index (χ1) is 30.7. The first-order valence-corrected chi connectivity index (χ1v) is 20.9. The molecule has 0 radical (unpaired) electrons. The van der Waals surface area contributed by atoms with Crippen molar-refractivity contribution >= 4 is 0 Å². The summed E-state index contributed by atoms with van der Waals surface area (Å²) in [5, 5.41) is 0. The maximum atomic E-state index is 6.69. The number of aromatic nitrogens is 4. The van der Waals surface area contributed by atoms with Gasteiger partial charge in [0.15, 0.2) is 17.5 Å². The summed E-state index contributed by atoms with van der Waals surface area (Å²) in [6.45, 7) is 0. The molecule has 5 heteroatoms. The molecule has 0 N–H and O–H groups in total. The quantitative estimate of drug-likeness (QED) is 0.168. The van der Waals surface area contributed by atoms with Crippen molar-refractivity contribution in [2.24, 2.45) is 0 Å². The fourth-order valence-electron chi connectivity index (χ4n) is 9.61. The van der Waals surface area contributed by atoms with Crippen LogP contribution < -0.4 is 4.74 Å². The first-order valence-electron chi connectivity index (χ1n) is 20.9. The van der Waals surface area contributed by atoms with Gasteiger partial charge in [0.25, 0.3) is 0 Å². The van der Waals surface area contributed by atoms with Crippen molar-refractivity contribution in [1.82, 2.24) is 19.9 Å². The van der Waals surface area contributed by atoms with Gasteiger partial charge in [0, 0.05) is 45.8 Å². The Kier molecular flexibility index (Phi) is 8.32. The predicted molar refractivity (Wildman–Crippen MR) is 248 cm³/mol. The highest BCUT2D eigenvalue weighted by atomic mass is 16.5. The van der Waals surface area contributed by atoms with E-state index in [2.05, 4.69) is 145 Å². The van der Waals surface area contributed by atoms with Crippen LogP contribution in [0, 0.1) is 0 Å². The smallest absolute Gasteiger partial charge is 0.164 e. The number of nitrogens with zero attached hydrogens (tertiary/aromatic N) is 4. The summed E-state index contributed by atoms with van der Waals surface area (Å²) in [6.07, 6.45) is 3.75. The lowest BCUT2D eigenvalue weighted by molar-refractivity contribution is 0.436. The van der Waals surface area contributed by atoms with Gasteiger partial charge in [0.2, 0.25) is 0 Å². The minimum absolute atomic E-state index is 0.623. The summed E-state index contributed by atoms with van der Waals surface area (Å²) in [5.74, 6) is 3.63. The van der Waals surface area contributed by atoms with Crippen molar-refractivity contribution in [2.45, 2.75) is 5.41 Å².